The Balaban J connectivity index is 2.37. The second-order valence-corrected chi connectivity index (χ2v) is 5.17. The molecule has 1 nitrogen and oxygen atoms in total. The van der Waals surface area contributed by atoms with Crippen LogP contribution in [0.1, 0.15) is 5.56 Å². The molecule has 0 spiro atoms. The molecule has 0 saturated carbocycles. The molecule has 0 saturated heterocycles. The molecule has 0 amide bonds. The molecule has 1 aromatic rings. The molecule has 0 radical (unpaired) electrons. The lowest BCUT2D eigenvalue weighted by Crippen LogP contribution is -2.06. The number of nitrogens with zero attached hydrogens (tertiary/aromatic N) is 1. The summed E-state index contributed by atoms with van der Waals surface area (Å²) in [6, 6.07) is 5.77. The van der Waals surface area contributed by atoms with E-state index in [1.807, 2.05) is 18.2 Å². The van der Waals surface area contributed by atoms with Gasteiger partial charge in [0, 0.05) is 41.8 Å². The average Bonchev–Trinajstić information content (AvgIpc) is 2.59. The predicted molar refractivity (Wildman–Crippen MR) is 66.1 cm³/mol. The lowest BCUT2D eigenvalue weighted by atomic mass is 10.2. The summed E-state index contributed by atoms with van der Waals surface area (Å²) in [5.41, 5.74) is 2.49. The van der Waals surface area contributed by atoms with Crippen molar-refractivity contribution in [3.05, 3.63) is 23.8 Å². The minimum absolute atomic E-state index is 0.309. The molecule has 70 valence electrons. The van der Waals surface area contributed by atoms with Gasteiger partial charge in [0.05, 0.1) is 17.8 Å². The van der Waals surface area contributed by atoms with E-state index in [0.717, 1.165) is 13.0 Å². The highest BCUT2D eigenvalue weighted by Crippen LogP contribution is 2.38. The molecule has 1 aromatic carbocycles. The Labute approximate surface area is 97.5 Å². The predicted octanol–water partition coefficient (Wildman–Crippen LogP) is 4.02. The van der Waals surface area contributed by atoms with Crippen LogP contribution in [0.4, 0.5) is 9.57 Å². The highest BCUT2D eigenvalue weighted by molar-refractivity contribution is 14.2. The molecule has 0 N–H and O–H groups in total. The minimum atomic E-state index is 0.309. The van der Waals surface area contributed by atoms with E-state index in [-0.39, 0.29) is 0 Å². The van der Waals surface area contributed by atoms with Crippen LogP contribution >= 0.6 is 42.5 Å². The Bertz CT molecular complexity index is 321. The molecular formula is C8H7FINS2. The van der Waals surface area contributed by atoms with E-state index in [1.165, 1.54) is 11.3 Å². The molecule has 0 unspecified atom stereocenters. The summed E-state index contributed by atoms with van der Waals surface area (Å²) < 4.78 is 14.5. The zero-order chi connectivity index (χ0) is 9.26. The van der Waals surface area contributed by atoms with Crippen LogP contribution in [0.3, 0.4) is 0 Å². The van der Waals surface area contributed by atoms with Crippen molar-refractivity contribution in [3.63, 3.8) is 0 Å². The first-order chi connectivity index (χ1) is 6.35. The molecule has 13 heavy (non-hydrogen) atoms. The number of rotatable bonds is 2. The zero-order valence-corrected chi connectivity index (χ0v) is 10.5. The molecule has 1 aliphatic rings. The van der Waals surface area contributed by atoms with Crippen molar-refractivity contribution in [2.24, 2.45) is 0 Å². The Morgan fingerprint density at radius 3 is 3.00 bits per heavy atom. The molecule has 1 aliphatic heterocycles. The highest BCUT2D eigenvalue weighted by atomic mass is 127. The zero-order valence-electron chi connectivity index (χ0n) is 6.67. The van der Waals surface area contributed by atoms with E-state index in [0.29, 0.717) is 17.0 Å². The summed E-state index contributed by atoms with van der Waals surface area (Å²) in [7, 11) is 1.67. The fourth-order valence-electron chi connectivity index (χ4n) is 1.45. The van der Waals surface area contributed by atoms with Crippen LogP contribution in [0, 0.1) is 0 Å². The van der Waals surface area contributed by atoms with E-state index in [2.05, 4.69) is 25.5 Å². The molecule has 0 bridgehead atoms. The quantitative estimate of drug-likeness (QED) is 0.597. The third-order valence-corrected chi connectivity index (χ3v) is 4.49. The maximum atomic E-state index is 12.3. The summed E-state index contributed by atoms with van der Waals surface area (Å²) in [5.74, 6) is 0. The lowest BCUT2D eigenvalue weighted by Gasteiger charge is -2.13. The number of halogens is 2. The van der Waals surface area contributed by atoms with Gasteiger partial charge in [0.2, 0.25) is 0 Å². The van der Waals surface area contributed by atoms with Crippen molar-refractivity contribution in [2.75, 3.05) is 10.8 Å². The Kier molecular flexibility index (Phi) is 3.26. The first-order valence-electron chi connectivity index (χ1n) is 3.83. The summed E-state index contributed by atoms with van der Waals surface area (Å²) in [4.78, 5) is 0.691. The maximum absolute atomic E-state index is 12.3. The SMILES string of the molecule is FSc1ccc2c(c1)N(SI)CC2. The molecule has 0 atom stereocenters. The van der Waals surface area contributed by atoms with Crippen LogP contribution in [-0.2, 0) is 6.42 Å². The van der Waals surface area contributed by atoms with Crippen molar-refractivity contribution in [1.29, 1.82) is 0 Å². The van der Waals surface area contributed by atoms with Gasteiger partial charge in [-0.1, -0.05) is 6.07 Å². The van der Waals surface area contributed by atoms with Gasteiger partial charge in [-0.05, 0) is 24.1 Å². The average molecular weight is 327 g/mol. The van der Waals surface area contributed by atoms with Crippen molar-refractivity contribution in [1.82, 2.24) is 0 Å². The summed E-state index contributed by atoms with van der Waals surface area (Å²) in [5, 5.41) is 0. The smallest absolute Gasteiger partial charge is 0.0812 e. The molecule has 5 heteroatoms. The van der Waals surface area contributed by atoms with E-state index < -0.39 is 0 Å². The topological polar surface area (TPSA) is 3.24 Å². The number of fused-ring (bicyclic) bond motifs is 1. The van der Waals surface area contributed by atoms with Gasteiger partial charge in [0.1, 0.15) is 0 Å². The van der Waals surface area contributed by atoms with Crippen LogP contribution in [0.5, 0.6) is 0 Å². The Hall–Kier alpha value is 0.380. The Morgan fingerprint density at radius 2 is 2.31 bits per heavy atom. The van der Waals surface area contributed by atoms with E-state index in [4.69, 9.17) is 0 Å². The molecule has 0 aliphatic carbocycles. The third-order valence-electron chi connectivity index (χ3n) is 2.08. The third kappa shape index (κ3) is 1.92. The van der Waals surface area contributed by atoms with Crippen molar-refractivity contribution in [3.8, 4) is 0 Å². The van der Waals surface area contributed by atoms with Gasteiger partial charge < -0.3 is 4.31 Å². The van der Waals surface area contributed by atoms with E-state index >= 15 is 0 Å². The number of hydrogen-bond acceptors (Lipinski definition) is 3. The van der Waals surface area contributed by atoms with Gasteiger partial charge in [0.25, 0.3) is 0 Å². The summed E-state index contributed by atoms with van der Waals surface area (Å²) in [6.07, 6.45) is 1.07. The van der Waals surface area contributed by atoms with Gasteiger partial charge >= 0.3 is 0 Å². The second-order valence-electron chi connectivity index (χ2n) is 2.79. The first kappa shape index (κ1) is 9.92. The van der Waals surface area contributed by atoms with Gasteiger partial charge in [-0.2, -0.15) is 3.89 Å². The lowest BCUT2D eigenvalue weighted by molar-refractivity contribution is 0.934. The minimum Gasteiger partial charge on any atom is -0.307 e. The van der Waals surface area contributed by atoms with Crippen molar-refractivity contribution in [2.45, 2.75) is 11.3 Å². The molecular weight excluding hydrogens is 320 g/mol. The Morgan fingerprint density at radius 1 is 1.46 bits per heavy atom. The van der Waals surface area contributed by atoms with Gasteiger partial charge in [-0.15, -0.1) is 0 Å². The van der Waals surface area contributed by atoms with Crippen molar-refractivity contribution >= 4 is 48.2 Å². The number of hydrogen-bond donors (Lipinski definition) is 0. The normalized spacial score (nSPS) is 14.8. The van der Waals surface area contributed by atoms with Crippen LogP contribution in [-0.4, -0.2) is 6.54 Å². The monoisotopic (exact) mass is 327 g/mol. The van der Waals surface area contributed by atoms with Crippen LogP contribution in [0.15, 0.2) is 23.1 Å². The van der Waals surface area contributed by atoms with Crippen LogP contribution < -0.4 is 4.31 Å². The first-order valence-corrected chi connectivity index (χ1v) is 7.86. The summed E-state index contributed by atoms with van der Waals surface area (Å²) in [6.45, 7) is 1.03. The van der Waals surface area contributed by atoms with Gasteiger partial charge in [-0.3, -0.25) is 0 Å². The highest BCUT2D eigenvalue weighted by Gasteiger charge is 2.19. The number of anilines is 1. The fraction of sp³-hybridized carbons (Fsp3) is 0.250. The molecule has 0 aromatic heterocycles. The molecule has 0 fully saturated rings. The molecule has 2 rings (SSSR count). The molecule has 1 heterocycles. The fourth-order valence-corrected chi connectivity index (χ4v) is 3.36. The second kappa shape index (κ2) is 4.27. The number of benzene rings is 1. The van der Waals surface area contributed by atoms with Crippen LogP contribution in [0.25, 0.3) is 0 Å². The van der Waals surface area contributed by atoms with Crippen LogP contribution in [0.2, 0.25) is 0 Å². The van der Waals surface area contributed by atoms with E-state index in [9.17, 15) is 3.89 Å². The van der Waals surface area contributed by atoms with Gasteiger partial charge in [0.15, 0.2) is 0 Å². The largest absolute Gasteiger partial charge is 0.307 e. The maximum Gasteiger partial charge on any atom is 0.0812 e. The van der Waals surface area contributed by atoms with E-state index in [1.54, 1.807) is 9.12 Å². The van der Waals surface area contributed by atoms with Crippen molar-refractivity contribution < 1.29 is 3.89 Å². The van der Waals surface area contributed by atoms with Gasteiger partial charge in [-0.25, -0.2) is 0 Å². The summed E-state index contributed by atoms with van der Waals surface area (Å²) >= 11 is 2.56. The standard InChI is InChI=1S/C8H7FINS2/c9-12-7-2-1-6-3-4-11(13-10)8(6)5-7/h1-2,5H,3-4H2.